The number of urea groups is 1. The Hall–Kier alpha value is -1.79. The van der Waals surface area contributed by atoms with E-state index >= 15 is 0 Å². The zero-order valence-corrected chi connectivity index (χ0v) is 9.49. The maximum absolute atomic E-state index is 11.4. The van der Waals surface area contributed by atoms with Gasteiger partial charge in [0.15, 0.2) is 0 Å². The first-order valence-corrected chi connectivity index (χ1v) is 5.50. The summed E-state index contributed by atoms with van der Waals surface area (Å²) < 4.78 is 0. The molecule has 0 aromatic rings. The van der Waals surface area contributed by atoms with Crippen molar-refractivity contribution in [3.05, 3.63) is 0 Å². The number of primary amides is 1. The Bertz CT molecular complexity index is 326. The maximum atomic E-state index is 11.4. The van der Waals surface area contributed by atoms with E-state index in [1.165, 1.54) is 0 Å². The van der Waals surface area contributed by atoms with Crippen LogP contribution in [0.25, 0.3) is 0 Å². The van der Waals surface area contributed by atoms with Crippen LogP contribution in [0.5, 0.6) is 0 Å². The second-order valence-corrected chi connectivity index (χ2v) is 4.30. The summed E-state index contributed by atoms with van der Waals surface area (Å²) in [5, 5.41) is 13.9. The Morgan fingerprint density at radius 2 is 1.94 bits per heavy atom. The van der Waals surface area contributed by atoms with Gasteiger partial charge < -0.3 is 21.5 Å². The van der Waals surface area contributed by atoms with Gasteiger partial charge in [-0.05, 0) is 19.3 Å². The molecule has 96 valence electrons. The number of aliphatic carboxylic acids is 1. The van der Waals surface area contributed by atoms with Crippen LogP contribution in [0.1, 0.15) is 32.1 Å². The second-order valence-electron chi connectivity index (χ2n) is 4.30. The molecule has 0 radical (unpaired) electrons. The van der Waals surface area contributed by atoms with Crippen LogP contribution in [0.15, 0.2) is 0 Å². The van der Waals surface area contributed by atoms with Gasteiger partial charge in [-0.2, -0.15) is 0 Å². The van der Waals surface area contributed by atoms with Crippen molar-refractivity contribution >= 4 is 17.9 Å². The van der Waals surface area contributed by atoms with Crippen LogP contribution in [0.3, 0.4) is 0 Å². The average Bonchev–Trinajstić information content (AvgIpc) is 2.12. The third kappa shape index (κ3) is 4.29. The Balaban J connectivity index is 2.33. The highest BCUT2D eigenvalue weighted by molar-refractivity contribution is 5.78. The molecule has 3 amide bonds. The van der Waals surface area contributed by atoms with Crippen LogP contribution in [0.4, 0.5) is 4.79 Å². The number of carboxylic acid groups (broad SMARTS) is 1. The smallest absolute Gasteiger partial charge is 0.315 e. The molecule has 0 aromatic carbocycles. The molecular weight excluding hydrogens is 226 g/mol. The van der Waals surface area contributed by atoms with Crippen molar-refractivity contribution in [1.29, 1.82) is 0 Å². The van der Waals surface area contributed by atoms with Crippen LogP contribution in [0, 0.1) is 0 Å². The summed E-state index contributed by atoms with van der Waals surface area (Å²) in [7, 11) is 0. The summed E-state index contributed by atoms with van der Waals surface area (Å²) in [4.78, 5) is 32.6. The van der Waals surface area contributed by atoms with E-state index in [0.717, 1.165) is 6.42 Å². The monoisotopic (exact) mass is 243 g/mol. The molecule has 0 heterocycles. The molecule has 1 saturated carbocycles. The third-order valence-electron chi connectivity index (χ3n) is 2.84. The lowest BCUT2D eigenvalue weighted by Crippen LogP contribution is -2.57. The fourth-order valence-electron chi connectivity index (χ4n) is 1.82. The van der Waals surface area contributed by atoms with Gasteiger partial charge in [0, 0.05) is 13.0 Å². The van der Waals surface area contributed by atoms with E-state index in [9.17, 15) is 14.4 Å². The van der Waals surface area contributed by atoms with Gasteiger partial charge in [-0.25, -0.2) is 4.79 Å². The number of nitrogens with one attached hydrogen (secondary N) is 2. The van der Waals surface area contributed by atoms with Gasteiger partial charge >= 0.3 is 12.0 Å². The summed E-state index contributed by atoms with van der Waals surface area (Å²) in [6.07, 6.45) is 2.25. The molecule has 0 aromatic heterocycles. The van der Waals surface area contributed by atoms with Crippen molar-refractivity contribution in [3.63, 3.8) is 0 Å². The van der Waals surface area contributed by atoms with Gasteiger partial charge in [0.25, 0.3) is 0 Å². The van der Waals surface area contributed by atoms with E-state index in [1.54, 1.807) is 0 Å². The Morgan fingerprint density at radius 1 is 1.29 bits per heavy atom. The lowest BCUT2D eigenvalue weighted by Gasteiger charge is -2.41. The molecule has 0 atom stereocenters. The van der Waals surface area contributed by atoms with Gasteiger partial charge in [0.1, 0.15) is 0 Å². The van der Waals surface area contributed by atoms with E-state index < -0.39 is 23.4 Å². The zero-order chi connectivity index (χ0) is 12.9. The predicted molar refractivity (Wildman–Crippen MR) is 59.2 cm³/mol. The molecule has 17 heavy (non-hydrogen) atoms. The van der Waals surface area contributed by atoms with Crippen molar-refractivity contribution in [1.82, 2.24) is 10.6 Å². The van der Waals surface area contributed by atoms with Crippen LogP contribution in [0.2, 0.25) is 0 Å². The number of carbonyl (C=O) groups excluding carboxylic acids is 2. The van der Waals surface area contributed by atoms with Gasteiger partial charge in [-0.3, -0.25) is 9.59 Å². The van der Waals surface area contributed by atoms with Crippen LogP contribution < -0.4 is 16.4 Å². The topological polar surface area (TPSA) is 122 Å². The molecule has 7 nitrogen and oxygen atoms in total. The first-order valence-electron chi connectivity index (χ1n) is 5.50. The van der Waals surface area contributed by atoms with Crippen molar-refractivity contribution in [2.45, 2.75) is 37.6 Å². The minimum atomic E-state index is -0.929. The lowest BCUT2D eigenvalue weighted by molar-refractivity contribution is -0.139. The SMILES string of the molecule is NC(=O)CCNC(=O)NC1(CC(=O)O)CCC1. The Kier molecular flexibility index (Phi) is 4.30. The molecule has 0 aliphatic heterocycles. The second kappa shape index (κ2) is 5.51. The number of hydrogen-bond donors (Lipinski definition) is 4. The van der Waals surface area contributed by atoms with Gasteiger partial charge in [0.05, 0.1) is 12.0 Å². The molecule has 0 bridgehead atoms. The molecular formula is C10H17N3O4. The van der Waals surface area contributed by atoms with Crippen molar-refractivity contribution < 1.29 is 19.5 Å². The fraction of sp³-hybridized carbons (Fsp3) is 0.700. The average molecular weight is 243 g/mol. The van der Waals surface area contributed by atoms with E-state index in [0.29, 0.717) is 12.8 Å². The van der Waals surface area contributed by atoms with Gasteiger partial charge in [0.2, 0.25) is 5.91 Å². The van der Waals surface area contributed by atoms with Crippen LogP contribution >= 0.6 is 0 Å². The number of nitrogens with two attached hydrogens (primary N) is 1. The zero-order valence-electron chi connectivity index (χ0n) is 9.49. The van der Waals surface area contributed by atoms with E-state index in [1.807, 2.05) is 0 Å². The summed E-state index contributed by atoms with van der Waals surface area (Å²) in [6, 6.07) is -0.452. The standard InChI is InChI=1S/C10H17N3O4/c11-7(14)2-5-12-9(17)13-10(3-1-4-10)6-8(15)16/h1-6H2,(H2,11,14)(H,15,16)(H2,12,13,17). The molecule has 0 unspecified atom stereocenters. The predicted octanol–water partition coefficient (Wildman–Crippen LogP) is -0.442. The molecule has 7 heteroatoms. The lowest BCUT2D eigenvalue weighted by atomic mass is 9.74. The highest BCUT2D eigenvalue weighted by Gasteiger charge is 2.40. The quantitative estimate of drug-likeness (QED) is 0.505. The molecule has 1 fully saturated rings. The van der Waals surface area contributed by atoms with Crippen molar-refractivity contribution in [2.75, 3.05) is 6.54 Å². The number of rotatable bonds is 6. The van der Waals surface area contributed by atoms with E-state index in [2.05, 4.69) is 10.6 Å². The van der Waals surface area contributed by atoms with Crippen LogP contribution in [-0.2, 0) is 9.59 Å². The minimum absolute atomic E-state index is 0.0688. The molecule has 0 spiro atoms. The summed E-state index contributed by atoms with van der Waals surface area (Å²) in [5.74, 6) is -1.42. The third-order valence-corrected chi connectivity index (χ3v) is 2.84. The highest BCUT2D eigenvalue weighted by Crippen LogP contribution is 2.34. The fourth-order valence-corrected chi connectivity index (χ4v) is 1.82. The molecule has 1 aliphatic rings. The normalized spacial score (nSPS) is 16.7. The van der Waals surface area contributed by atoms with Crippen molar-refractivity contribution in [2.24, 2.45) is 5.73 Å². The summed E-state index contributed by atoms with van der Waals surface area (Å²) >= 11 is 0. The molecule has 1 rings (SSSR count). The molecule has 0 saturated heterocycles. The molecule has 5 N–H and O–H groups in total. The number of amides is 3. The van der Waals surface area contributed by atoms with Gasteiger partial charge in [-0.15, -0.1) is 0 Å². The molecule has 1 aliphatic carbocycles. The van der Waals surface area contributed by atoms with E-state index in [4.69, 9.17) is 10.8 Å². The first-order chi connectivity index (χ1) is 7.93. The van der Waals surface area contributed by atoms with Crippen molar-refractivity contribution in [3.8, 4) is 0 Å². The first kappa shape index (κ1) is 13.3. The number of carboxylic acids is 1. The van der Waals surface area contributed by atoms with Gasteiger partial charge in [-0.1, -0.05) is 0 Å². The summed E-state index contributed by atoms with van der Waals surface area (Å²) in [5.41, 5.74) is 4.30. The minimum Gasteiger partial charge on any atom is -0.481 e. The highest BCUT2D eigenvalue weighted by atomic mass is 16.4. The Morgan fingerprint density at radius 3 is 2.35 bits per heavy atom. The summed E-state index contributed by atoms with van der Waals surface area (Å²) in [6.45, 7) is 0.157. The number of hydrogen-bond acceptors (Lipinski definition) is 3. The number of carbonyl (C=O) groups is 3. The van der Waals surface area contributed by atoms with Crippen LogP contribution in [-0.4, -0.2) is 35.1 Å². The maximum Gasteiger partial charge on any atom is 0.315 e. The largest absolute Gasteiger partial charge is 0.481 e. The van der Waals surface area contributed by atoms with E-state index in [-0.39, 0.29) is 19.4 Å². The Labute approximate surface area is 98.7 Å².